The van der Waals surface area contributed by atoms with Gasteiger partial charge in [0.15, 0.2) is 11.5 Å². The van der Waals surface area contributed by atoms with Crippen LogP contribution in [0.2, 0.25) is 0 Å². The zero-order valence-corrected chi connectivity index (χ0v) is 17.2. The third-order valence-electron chi connectivity index (χ3n) is 4.02. The number of hydrogen-bond donors (Lipinski definition) is 4. The first-order chi connectivity index (χ1) is 14.2. The van der Waals surface area contributed by atoms with Crippen molar-refractivity contribution in [2.24, 2.45) is 0 Å². The molecule has 11 nitrogen and oxygen atoms in total. The number of pyridine rings is 2. The van der Waals surface area contributed by atoms with E-state index in [2.05, 4.69) is 25.7 Å². The van der Waals surface area contributed by atoms with Crippen LogP contribution in [0.5, 0.6) is 0 Å². The van der Waals surface area contributed by atoms with Gasteiger partial charge in [0.1, 0.15) is 6.07 Å². The Bertz CT molecular complexity index is 1180. The second kappa shape index (κ2) is 8.59. The maximum absolute atomic E-state index is 12.5. The molecule has 0 bridgehead atoms. The van der Waals surface area contributed by atoms with Gasteiger partial charge in [-0.25, -0.2) is 9.97 Å². The van der Waals surface area contributed by atoms with Crippen molar-refractivity contribution in [2.75, 3.05) is 18.0 Å². The minimum atomic E-state index is -4.20. The molecule has 0 atom stereocenters. The number of rotatable bonds is 7. The highest BCUT2D eigenvalue weighted by atomic mass is 31.2. The maximum atomic E-state index is 12.5. The third kappa shape index (κ3) is 4.99. The van der Waals surface area contributed by atoms with Crippen molar-refractivity contribution < 1.29 is 19.1 Å². The van der Waals surface area contributed by atoms with Gasteiger partial charge in [-0.05, 0) is 19.9 Å². The van der Waals surface area contributed by atoms with Gasteiger partial charge in [-0.1, -0.05) is 0 Å². The Morgan fingerprint density at radius 1 is 1.27 bits per heavy atom. The lowest BCUT2D eigenvalue weighted by molar-refractivity contribution is 0.0956. The first-order valence-electron chi connectivity index (χ1n) is 9.01. The number of aromatic nitrogens is 4. The quantitative estimate of drug-likeness (QED) is 0.406. The molecule has 1 amide bonds. The monoisotopic (exact) mass is 429 g/mol. The molecule has 3 heterocycles. The van der Waals surface area contributed by atoms with E-state index >= 15 is 0 Å². The van der Waals surface area contributed by atoms with Crippen LogP contribution in [0.3, 0.4) is 0 Å². The molecule has 30 heavy (non-hydrogen) atoms. The van der Waals surface area contributed by atoms with E-state index in [4.69, 9.17) is 15.0 Å². The summed E-state index contributed by atoms with van der Waals surface area (Å²) in [6, 6.07) is 5.34. The van der Waals surface area contributed by atoms with Gasteiger partial charge in [-0.2, -0.15) is 15.0 Å². The standard InChI is InChI=1S/C18H20N7O4P/c1-11(2)24-15-6-16(21-10-14(15)18(26)20-3-4-30(27,28)29)25-17-13(9-23-25)5-12(7-19)8-22-17/h5-6,8-11H,3-4H2,1-2H3,(H,20,26)(H,21,24)(H2,27,28,29). The van der Waals surface area contributed by atoms with Gasteiger partial charge in [-0.3, -0.25) is 9.36 Å². The molecule has 0 radical (unpaired) electrons. The van der Waals surface area contributed by atoms with Crippen LogP contribution in [0.1, 0.15) is 29.8 Å². The van der Waals surface area contributed by atoms with E-state index in [-0.39, 0.29) is 18.2 Å². The van der Waals surface area contributed by atoms with Gasteiger partial charge in [0, 0.05) is 36.4 Å². The number of nitrogens with one attached hydrogen (secondary N) is 2. The van der Waals surface area contributed by atoms with Gasteiger partial charge in [0.2, 0.25) is 0 Å². The molecule has 0 saturated carbocycles. The molecule has 3 rings (SSSR count). The summed E-state index contributed by atoms with van der Waals surface area (Å²) in [7, 11) is -4.20. The number of anilines is 1. The highest BCUT2D eigenvalue weighted by molar-refractivity contribution is 7.51. The Hall–Kier alpha value is -3.32. The third-order valence-corrected chi connectivity index (χ3v) is 4.83. The van der Waals surface area contributed by atoms with Gasteiger partial charge in [-0.15, -0.1) is 0 Å². The topological polar surface area (TPSA) is 166 Å². The average molecular weight is 429 g/mol. The minimum absolute atomic E-state index is 0.00702. The summed E-state index contributed by atoms with van der Waals surface area (Å²) in [5.41, 5.74) is 1.64. The first kappa shape index (κ1) is 21.4. The summed E-state index contributed by atoms with van der Waals surface area (Å²) < 4.78 is 12.5. The van der Waals surface area contributed by atoms with E-state index in [1.807, 2.05) is 19.9 Å². The van der Waals surface area contributed by atoms with Crippen LogP contribution in [0.4, 0.5) is 5.69 Å². The van der Waals surface area contributed by atoms with Crippen molar-refractivity contribution in [3.63, 3.8) is 0 Å². The molecule has 12 heteroatoms. The summed E-state index contributed by atoms with van der Waals surface area (Å²) >= 11 is 0. The highest BCUT2D eigenvalue weighted by Crippen LogP contribution is 2.33. The number of hydrogen-bond acceptors (Lipinski definition) is 7. The minimum Gasteiger partial charge on any atom is -0.382 e. The largest absolute Gasteiger partial charge is 0.382 e. The number of carbonyl (C=O) groups is 1. The van der Waals surface area contributed by atoms with Crippen LogP contribution in [0, 0.1) is 11.3 Å². The van der Waals surface area contributed by atoms with E-state index < -0.39 is 19.7 Å². The Kier molecular flexibility index (Phi) is 6.12. The van der Waals surface area contributed by atoms with Gasteiger partial charge >= 0.3 is 7.60 Å². The van der Waals surface area contributed by atoms with Crippen molar-refractivity contribution in [3.8, 4) is 11.9 Å². The first-order valence-corrected chi connectivity index (χ1v) is 10.8. The van der Waals surface area contributed by atoms with Gasteiger partial charge in [0.25, 0.3) is 5.91 Å². The summed E-state index contributed by atoms with van der Waals surface area (Å²) in [5, 5.41) is 19.6. The fourth-order valence-electron chi connectivity index (χ4n) is 2.73. The molecular formula is C18H20N7O4P. The Labute approximate surface area is 171 Å². The van der Waals surface area contributed by atoms with E-state index in [0.29, 0.717) is 28.1 Å². The van der Waals surface area contributed by atoms with Crippen LogP contribution >= 0.6 is 7.60 Å². The Morgan fingerprint density at radius 3 is 2.70 bits per heavy atom. The number of amides is 1. The van der Waals surface area contributed by atoms with Crippen LogP contribution < -0.4 is 10.6 Å². The maximum Gasteiger partial charge on any atom is 0.327 e. The Morgan fingerprint density at radius 2 is 2.03 bits per heavy atom. The number of nitrogens with zero attached hydrogens (tertiary/aromatic N) is 5. The molecule has 0 saturated heterocycles. The average Bonchev–Trinajstić information content (AvgIpc) is 3.09. The van der Waals surface area contributed by atoms with E-state index in [0.717, 1.165) is 0 Å². The second-order valence-corrected chi connectivity index (χ2v) is 8.61. The number of fused-ring (bicyclic) bond motifs is 1. The Balaban J connectivity index is 1.94. The van der Waals surface area contributed by atoms with E-state index in [1.165, 1.54) is 17.1 Å². The molecule has 4 N–H and O–H groups in total. The lowest BCUT2D eigenvalue weighted by Gasteiger charge is -2.16. The fraction of sp³-hybridized carbons (Fsp3) is 0.278. The molecule has 0 aliphatic rings. The normalized spacial score (nSPS) is 11.5. The van der Waals surface area contributed by atoms with E-state index in [1.54, 1.807) is 18.3 Å². The molecular weight excluding hydrogens is 409 g/mol. The zero-order chi connectivity index (χ0) is 21.9. The molecule has 0 aromatic carbocycles. The summed E-state index contributed by atoms with van der Waals surface area (Å²) in [5.74, 6) is -0.0927. The summed E-state index contributed by atoms with van der Waals surface area (Å²) in [4.78, 5) is 38.9. The van der Waals surface area contributed by atoms with Crippen LogP contribution in [0.25, 0.3) is 16.9 Å². The van der Waals surface area contributed by atoms with Gasteiger partial charge in [0.05, 0.1) is 29.2 Å². The van der Waals surface area contributed by atoms with Crippen molar-refractivity contribution in [1.29, 1.82) is 5.26 Å². The number of carbonyl (C=O) groups excluding carboxylic acids is 1. The molecule has 3 aromatic heterocycles. The predicted octanol–water partition coefficient (Wildman–Crippen LogP) is 1.41. The molecule has 3 aromatic rings. The van der Waals surface area contributed by atoms with Crippen molar-refractivity contribution >= 4 is 30.2 Å². The van der Waals surface area contributed by atoms with Crippen LogP contribution in [0.15, 0.2) is 30.7 Å². The molecule has 0 aliphatic heterocycles. The van der Waals surface area contributed by atoms with Crippen LogP contribution in [-0.4, -0.2) is 54.2 Å². The van der Waals surface area contributed by atoms with E-state index in [9.17, 15) is 9.36 Å². The molecule has 0 unspecified atom stereocenters. The van der Waals surface area contributed by atoms with Crippen molar-refractivity contribution in [2.45, 2.75) is 19.9 Å². The summed E-state index contributed by atoms with van der Waals surface area (Å²) in [6.07, 6.45) is 3.93. The van der Waals surface area contributed by atoms with Gasteiger partial charge < -0.3 is 20.4 Å². The highest BCUT2D eigenvalue weighted by Gasteiger charge is 2.18. The zero-order valence-electron chi connectivity index (χ0n) is 16.3. The lowest BCUT2D eigenvalue weighted by Crippen LogP contribution is -2.28. The smallest absolute Gasteiger partial charge is 0.327 e. The SMILES string of the molecule is CC(C)Nc1cc(-n2ncc3cc(C#N)cnc32)ncc1C(=O)NCCP(=O)(O)O. The molecule has 0 aliphatic carbocycles. The predicted molar refractivity (Wildman–Crippen MR) is 109 cm³/mol. The molecule has 0 fully saturated rings. The molecule has 156 valence electrons. The van der Waals surface area contributed by atoms with Crippen molar-refractivity contribution in [3.05, 3.63) is 41.9 Å². The number of nitriles is 1. The lowest BCUT2D eigenvalue weighted by atomic mass is 10.2. The van der Waals surface area contributed by atoms with Crippen LogP contribution in [-0.2, 0) is 4.57 Å². The van der Waals surface area contributed by atoms with Crippen molar-refractivity contribution in [1.82, 2.24) is 25.1 Å². The second-order valence-electron chi connectivity index (χ2n) is 6.84. The summed E-state index contributed by atoms with van der Waals surface area (Å²) in [6.45, 7) is 3.65. The fourth-order valence-corrected chi connectivity index (χ4v) is 3.13. The molecule has 0 spiro atoms.